The van der Waals surface area contributed by atoms with Gasteiger partial charge in [0.1, 0.15) is 5.69 Å². The third kappa shape index (κ3) is 2.15. The average Bonchev–Trinajstić information content (AvgIpc) is 2.78. The molecule has 0 saturated carbocycles. The number of carbonyl (C=O) groups excluding carboxylic acids is 1. The molecule has 0 radical (unpaired) electrons. The molecule has 0 aliphatic carbocycles. The molecule has 6 nitrogen and oxygen atoms in total. The third-order valence-corrected chi connectivity index (χ3v) is 2.18. The monoisotopic (exact) mass is 232 g/mol. The molecule has 1 amide bonds. The van der Waals surface area contributed by atoms with Gasteiger partial charge in [0.2, 0.25) is 5.76 Å². The van der Waals surface area contributed by atoms with Crippen molar-refractivity contribution in [1.82, 2.24) is 5.16 Å². The molecule has 1 aromatic heterocycles. The van der Waals surface area contributed by atoms with E-state index in [9.17, 15) is 9.59 Å². The van der Waals surface area contributed by atoms with Gasteiger partial charge in [-0.15, -0.1) is 0 Å². The summed E-state index contributed by atoms with van der Waals surface area (Å²) in [7, 11) is 0. The zero-order valence-electron chi connectivity index (χ0n) is 8.58. The summed E-state index contributed by atoms with van der Waals surface area (Å²) >= 11 is 0. The minimum Gasteiger partial charge on any atom is -0.478 e. The van der Waals surface area contributed by atoms with Crippen molar-refractivity contribution in [2.45, 2.75) is 0 Å². The Bertz CT molecular complexity index is 571. The Morgan fingerprint density at radius 2 is 1.88 bits per heavy atom. The van der Waals surface area contributed by atoms with Gasteiger partial charge in [0.25, 0.3) is 5.91 Å². The molecule has 0 aliphatic rings. The normalized spacial score (nSPS) is 10.1. The lowest BCUT2D eigenvalue weighted by molar-refractivity contribution is 0.0696. The fraction of sp³-hybridized carbons (Fsp3) is 0. The highest BCUT2D eigenvalue weighted by Crippen LogP contribution is 2.19. The molecule has 0 fully saturated rings. The van der Waals surface area contributed by atoms with Crippen LogP contribution in [-0.2, 0) is 0 Å². The van der Waals surface area contributed by atoms with Gasteiger partial charge in [-0.05, 0) is 12.1 Å². The van der Waals surface area contributed by atoms with Crippen LogP contribution in [0.4, 0.5) is 0 Å². The first-order chi connectivity index (χ1) is 8.08. The van der Waals surface area contributed by atoms with E-state index in [-0.39, 0.29) is 11.3 Å². The van der Waals surface area contributed by atoms with Crippen LogP contribution >= 0.6 is 0 Å². The molecular weight excluding hydrogens is 224 g/mol. The number of carboxylic acids is 1. The van der Waals surface area contributed by atoms with Crippen molar-refractivity contribution in [2.24, 2.45) is 5.73 Å². The standard InChI is InChI=1S/C11H8N2O4/c12-10(14)9-5-8(13-17-9)6-1-3-7(4-2-6)11(15)16/h1-5H,(H2,12,14)(H,15,16). The summed E-state index contributed by atoms with van der Waals surface area (Å²) in [5, 5.41) is 12.4. The number of hydrogen-bond acceptors (Lipinski definition) is 4. The Morgan fingerprint density at radius 3 is 2.35 bits per heavy atom. The number of rotatable bonds is 3. The second kappa shape index (κ2) is 4.09. The highest BCUT2D eigenvalue weighted by atomic mass is 16.5. The number of hydrogen-bond donors (Lipinski definition) is 2. The van der Waals surface area contributed by atoms with Crippen LogP contribution in [0.25, 0.3) is 11.3 Å². The maximum atomic E-state index is 10.8. The van der Waals surface area contributed by atoms with Crippen molar-refractivity contribution in [3.63, 3.8) is 0 Å². The Labute approximate surface area is 95.6 Å². The quantitative estimate of drug-likeness (QED) is 0.825. The molecule has 0 aliphatic heterocycles. The van der Waals surface area contributed by atoms with E-state index in [1.54, 1.807) is 12.1 Å². The van der Waals surface area contributed by atoms with Gasteiger partial charge in [-0.2, -0.15) is 0 Å². The minimum atomic E-state index is -1.01. The number of aromatic carboxylic acids is 1. The molecule has 86 valence electrons. The number of nitrogens with zero attached hydrogens (tertiary/aromatic N) is 1. The summed E-state index contributed by atoms with van der Waals surface area (Å²) in [6.45, 7) is 0. The average molecular weight is 232 g/mol. The first-order valence-electron chi connectivity index (χ1n) is 4.68. The number of aromatic nitrogens is 1. The summed E-state index contributed by atoms with van der Waals surface area (Å²) in [6.07, 6.45) is 0. The van der Waals surface area contributed by atoms with Crippen LogP contribution in [0.5, 0.6) is 0 Å². The van der Waals surface area contributed by atoms with Crippen molar-refractivity contribution in [3.05, 3.63) is 41.7 Å². The molecule has 3 N–H and O–H groups in total. The zero-order chi connectivity index (χ0) is 12.4. The van der Waals surface area contributed by atoms with Gasteiger partial charge >= 0.3 is 5.97 Å². The van der Waals surface area contributed by atoms with E-state index in [0.717, 1.165) is 0 Å². The van der Waals surface area contributed by atoms with Crippen molar-refractivity contribution in [2.75, 3.05) is 0 Å². The molecule has 0 unspecified atom stereocenters. The Balaban J connectivity index is 2.33. The van der Waals surface area contributed by atoms with E-state index in [4.69, 9.17) is 15.4 Å². The predicted molar refractivity (Wildman–Crippen MR) is 57.4 cm³/mol. The second-order valence-electron chi connectivity index (χ2n) is 3.32. The molecular formula is C11H8N2O4. The van der Waals surface area contributed by atoms with Crippen LogP contribution < -0.4 is 5.73 Å². The van der Waals surface area contributed by atoms with Crippen molar-refractivity contribution >= 4 is 11.9 Å². The number of primary amides is 1. The van der Waals surface area contributed by atoms with Gasteiger partial charge in [0.15, 0.2) is 0 Å². The smallest absolute Gasteiger partial charge is 0.335 e. The fourth-order valence-corrected chi connectivity index (χ4v) is 1.31. The van der Waals surface area contributed by atoms with Crippen LogP contribution in [0, 0.1) is 0 Å². The number of nitrogens with two attached hydrogens (primary N) is 1. The SMILES string of the molecule is NC(=O)c1cc(-c2ccc(C(=O)O)cc2)no1. The highest BCUT2D eigenvalue weighted by Gasteiger charge is 2.11. The van der Waals surface area contributed by atoms with Crippen molar-refractivity contribution in [1.29, 1.82) is 0 Å². The zero-order valence-corrected chi connectivity index (χ0v) is 8.58. The van der Waals surface area contributed by atoms with E-state index in [2.05, 4.69) is 5.16 Å². The fourth-order valence-electron chi connectivity index (χ4n) is 1.31. The third-order valence-electron chi connectivity index (χ3n) is 2.18. The lowest BCUT2D eigenvalue weighted by Crippen LogP contribution is -2.09. The summed E-state index contributed by atoms with van der Waals surface area (Å²) in [5.74, 6) is -1.75. The Hall–Kier alpha value is -2.63. The summed E-state index contributed by atoms with van der Waals surface area (Å²) in [6, 6.07) is 7.43. The number of amides is 1. The molecule has 1 heterocycles. The number of carbonyl (C=O) groups is 2. The Kier molecular flexibility index (Phi) is 2.61. The van der Waals surface area contributed by atoms with E-state index >= 15 is 0 Å². The van der Waals surface area contributed by atoms with Gasteiger partial charge in [-0.25, -0.2) is 4.79 Å². The molecule has 2 rings (SSSR count). The molecule has 1 aromatic carbocycles. The lowest BCUT2D eigenvalue weighted by atomic mass is 10.1. The predicted octanol–water partition coefficient (Wildman–Crippen LogP) is 1.14. The number of benzene rings is 1. The first kappa shape index (κ1) is 10.9. The molecule has 0 bridgehead atoms. The van der Waals surface area contributed by atoms with Gasteiger partial charge < -0.3 is 15.4 Å². The van der Waals surface area contributed by atoms with E-state index < -0.39 is 11.9 Å². The van der Waals surface area contributed by atoms with Gasteiger partial charge in [0.05, 0.1) is 5.56 Å². The summed E-state index contributed by atoms with van der Waals surface area (Å²) < 4.78 is 4.72. The van der Waals surface area contributed by atoms with Crippen LogP contribution in [0.2, 0.25) is 0 Å². The topological polar surface area (TPSA) is 106 Å². The van der Waals surface area contributed by atoms with Crippen molar-refractivity contribution in [3.8, 4) is 11.3 Å². The molecule has 0 atom stereocenters. The van der Waals surface area contributed by atoms with Crippen LogP contribution in [0.15, 0.2) is 34.9 Å². The van der Waals surface area contributed by atoms with Crippen LogP contribution in [0.1, 0.15) is 20.9 Å². The second-order valence-corrected chi connectivity index (χ2v) is 3.32. The molecule has 0 saturated heterocycles. The lowest BCUT2D eigenvalue weighted by Gasteiger charge is -1.96. The largest absolute Gasteiger partial charge is 0.478 e. The van der Waals surface area contributed by atoms with E-state index in [1.807, 2.05) is 0 Å². The van der Waals surface area contributed by atoms with Gasteiger partial charge in [0, 0.05) is 11.6 Å². The van der Waals surface area contributed by atoms with Crippen LogP contribution in [-0.4, -0.2) is 22.1 Å². The van der Waals surface area contributed by atoms with Gasteiger partial charge in [-0.1, -0.05) is 17.3 Å². The molecule has 0 spiro atoms. The summed E-state index contributed by atoms with van der Waals surface area (Å²) in [5.41, 5.74) is 6.26. The van der Waals surface area contributed by atoms with E-state index in [0.29, 0.717) is 11.3 Å². The molecule has 17 heavy (non-hydrogen) atoms. The van der Waals surface area contributed by atoms with Crippen molar-refractivity contribution < 1.29 is 19.2 Å². The highest BCUT2D eigenvalue weighted by molar-refractivity contribution is 5.91. The van der Waals surface area contributed by atoms with E-state index in [1.165, 1.54) is 18.2 Å². The molecule has 2 aromatic rings. The Morgan fingerprint density at radius 1 is 1.24 bits per heavy atom. The first-order valence-corrected chi connectivity index (χ1v) is 4.68. The van der Waals surface area contributed by atoms with Gasteiger partial charge in [-0.3, -0.25) is 4.79 Å². The minimum absolute atomic E-state index is 0.0395. The van der Waals surface area contributed by atoms with Crippen LogP contribution in [0.3, 0.4) is 0 Å². The maximum absolute atomic E-state index is 10.8. The number of carboxylic acid groups (broad SMARTS) is 1. The maximum Gasteiger partial charge on any atom is 0.335 e. The molecule has 6 heteroatoms. The summed E-state index contributed by atoms with van der Waals surface area (Å²) in [4.78, 5) is 21.4.